The summed E-state index contributed by atoms with van der Waals surface area (Å²) in [5, 5.41) is 26.7. The zero-order valence-corrected chi connectivity index (χ0v) is 41.3. The minimum atomic E-state index is -1.16. The van der Waals surface area contributed by atoms with Gasteiger partial charge >= 0.3 is 5.97 Å². The Morgan fingerprint density at radius 2 is 1.80 bits per heavy atom. The Bertz CT molecular complexity index is 2590. The van der Waals surface area contributed by atoms with Gasteiger partial charge < -0.3 is 34.6 Å². The maximum absolute atomic E-state index is 14.8. The second-order valence-electron chi connectivity index (χ2n) is 20.7. The van der Waals surface area contributed by atoms with Crippen molar-refractivity contribution in [2.45, 2.75) is 117 Å². The number of pyridine rings is 1. The second-order valence-corrected chi connectivity index (χ2v) is 20.7. The van der Waals surface area contributed by atoms with Crippen LogP contribution in [0.5, 0.6) is 5.75 Å². The van der Waals surface area contributed by atoms with E-state index in [1.807, 2.05) is 43.3 Å². The van der Waals surface area contributed by atoms with E-state index in [2.05, 4.69) is 66.2 Å². The first kappa shape index (κ1) is 49.6. The molecular formula is C53H70N8O8. The summed E-state index contributed by atoms with van der Waals surface area (Å²) in [4.78, 5) is 80.3. The van der Waals surface area contributed by atoms with Gasteiger partial charge in [-0.2, -0.15) is 0 Å². The minimum Gasteiger partial charge on any atom is -0.508 e. The number of carbonyl (C=O) groups is 5. The van der Waals surface area contributed by atoms with E-state index in [0.717, 1.165) is 45.3 Å². The summed E-state index contributed by atoms with van der Waals surface area (Å²) in [6.07, 6.45) is 6.75. The van der Waals surface area contributed by atoms with Crippen LogP contribution in [-0.2, 0) is 54.5 Å². The fourth-order valence-corrected chi connectivity index (χ4v) is 11.0. The van der Waals surface area contributed by atoms with Gasteiger partial charge in [0.2, 0.25) is 17.7 Å². The van der Waals surface area contributed by atoms with E-state index in [4.69, 9.17) is 4.74 Å². The highest BCUT2D eigenvalue weighted by Crippen LogP contribution is 2.41. The number of aliphatic hydroxyl groups excluding tert-OH is 1. The first-order valence-corrected chi connectivity index (χ1v) is 24.9. The molecular weight excluding hydrogens is 877 g/mol. The predicted octanol–water partition coefficient (Wildman–Crippen LogP) is 4.70. The zero-order valence-electron chi connectivity index (χ0n) is 41.3. The number of fused-ring (bicyclic) bond motifs is 6. The van der Waals surface area contributed by atoms with Crippen molar-refractivity contribution in [2.75, 3.05) is 52.9 Å². The minimum absolute atomic E-state index is 0.00273. The lowest BCUT2D eigenvalue weighted by molar-refractivity contribution is -0.155. The summed E-state index contributed by atoms with van der Waals surface area (Å²) in [6.45, 7) is 15.2. The predicted molar refractivity (Wildman–Crippen MR) is 262 cm³/mol. The number of carbonyl (C=O) groups excluding carboxylic acids is 5. The number of benzene rings is 2. The molecule has 0 spiro atoms. The maximum atomic E-state index is 14.8. The molecule has 4 amide bonds. The van der Waals surface area contributed by atoms with Gasteiger partial charge in [-0.15, -0.1) is 0 Å². The van der Waals surface area contributed by atoms with Gasteiger partial charge in [0.15, 0.2) is 0 Å². The lowest BCUT2D eigenvalue weighted by Crippen LogP contribution is -2.62. The number of hydrazine groups is 1. The number of aromatic hydroxyl groups is 1. The van der Waals surface area contributed by atoms with Crippen LogP contribution in [0, 0.1) is 17.3 Å². The van der Waals surface area contributed by atoms with E-state index in [0.29, 0.717) is 63.8 Å². The summed E-state index contributed by atoms with van der Waals surface area (Å²) < 4.78 is 8.44. The third kappa shape index (κ3) is 10.7. The molecule has 16 nitrogen and oxygen atoms in total. The van der Waals surface area contributed by atoms with Crippen LogP contribution in [0.15, 0.2) is 54.9 Å². The van der Waals surface area contributed by atoms with Crippen LogP contribution in [-0.4, -0.2) is 146 Å². The maximum Gasteiger partial charge on any atom is 0.324 e. The molecule has 0 aliphatic carbocycles. The number of aliphatic hydroxyl groups is 1. The number of nitrogens with zero attached hydrogens (tertiary/aromatic N) is 6. The number of aryl methyl sites for hydroxylation is 2. The monoisotopic (exact) mass is 947 g/mol. The van der Waals surface area contributed by atoms with Crippen LogP contribution in [0.3, 0.4) is 0 Å². The van der Waals surface area contributed by atoms with Gasteiger partial charge in [-0.25, -0.2) is 5.43 Å². The number of amides is 4. The van der Waals surface area contributed by atoms with E-state index in [1.165, 1.54) is 15.5 Å². The molecule has 0 unspecified atom stereocenters. The number of hydrogen-bond acceptors (Lipinski definition) is 11. The number of aromatic nitrogens is 2. The molecule has 16 heteroatoms. The second kappa shape index (κ2) is 20.6. The first-order valence-electron chi connectivity index (χ1n) is 24.9. The number of ether oxygens (including phenoxy) is 1. The van der Waals surface area contributed by atoms with Crippen LogP contribution in [0.4, 0.5) is 0 Å². The zero-order chi connectivity index (χ0) is 49.3. The van der Waals surface area contributed by atoms with Crippen LogP contribution in [0.1, 0.15) is 83.9 Å². The normalized spacial score (nSPS) is 22.7. The quantitative estimate of drug-likeness (QED) is 0.161. The Labute approximate surface area is 405 Å². The molecule has 4 aliphatic heterocycles. The summed E-state index contributed by atoms with van der Waals surface area (Å²) in [5.41, 5.74) is 10.2. The van der Waals surface area contributed by atoms with Crippen molar-refractivity contribution in [2.24, 2.45) is 17.3 Å². The highest BCUT2D eigenvalue weighted by Gasteiger charge is 2.41. The van der Waals surface area contributed by atoms with Gasteiger partial charge in [0.25, 0.3) is 5.91 Å². The molecule has 4 N–H and O–H groups in total. The number of rotatable bonds is 10. The van der Waals surface area contributed by atoms with E-state index < -0.39 is 53.3 Å². The van der Waals surface area contributed by atoms with Crippen molar-refractivity contribution in [3.05, 3.63) is 71.5 Å². The fourth-order valence-electron chi connectivity index (χ4n) is 11.0. The number of hydrogen-bond donors (Lipinski definition) is 4. The molecule has 4 aromatic rings. The third-order valence-electron chi connectivity index (χ3n) is 14.6. The van der Waals surface area contributed by atoms with Crippen LogP contribution in [0.2, 0.25) is 0 Å². The topological polar surface area (TPSA) is 190 Å². The van der Waals surface area contributed by atoms with Crippen molar-refractivity contribution < 1.29 is 38.9 Å². The highest BCUT2D eigenvalue weighted by molar-refractivity contribution is 5.96. The first-order chi connectivity index (χ1) is 32.9. The Morgan fingerprint density at radius 3 is 2.52 bits per heavy atom. The largest absolute Gasteiger partial charge is 0.508 e. The standard InChI is InChI=1S/C53H70N8O8/c1-8-34-14-17-54-27-42(34)48-41-26-53(5,6)31-69-52(68)43-11-10-18-61(56-43)51(67)44(23-33-21-37(24-39(63)22-33)35-12-13-45(40(41)25-35)60(48)9-2)55-49(65)47(32(3)4)57(7)50(66)36-15-20-59(28-36)46(64)30-58-19-16-38(62)29-58/h12-14,17,21-22,24-25,27,32,36,38,43-44,47,56,62-63H,8-11,15-16,18-20,23,26,28-31H2,1-7H3,(H,55,65)/t36-,38-,43-,44-,47-/m0/s1. The lowest BCUT2D eigenvalue weighted by atomic mass is 9.84. The molecule has 3 saturated heterocycles. The van der Waals surface area contributed by atoms with Crippen LogP contribution >= 0.6 is 0 Å². The lowest BCUT2D eigenvalue weighted by Gasteiger charge is -2.37. The van der Waals surface area contributed by atoms with Crippen molar-refractivity contribution >= 4 is 40.5 Å². The summed E-state index contributed by atoms with van der Waals surface area (Å²) in [7, 11) is 1.60. The van der Waals surface area contributed by atoms with Gasteiger partial charge in [-0.05, 0) is 110 Å². The molecule has 2 aromatic heterocycles. The molecule has 370 valence electrons. The summed E-state index contributed by atoms with van der Waals surface area (Å²) in [6, 6.07) is 10.7. The molecule has 69 heavy (non-hydrogen) atoms. The molecule has 6 bridgehead atoms. The smallest absolute Gasteiger partial charge is 0.324 e. The van der Waals surface area contributed by atoms with Crippen molar-refractivity contribution in [3.63, 3.8) is 0 Å². The number of β-amino-alcohol motifs (C(OH)–C–C–N with tert-alkyl or cyclic N) is 1. The number of phenolic OH excluding ortho intramolecular Hbond substituents is 1. The molecule has 6 heterocycles. The number of likely N-dealkylation sites (N-methyl/N-ethyl adjacent to an activating group) is 1. The van der Waals surface area contributed by atoms with E-state index in [9.17, 15) is 34.2 Å². The van der Waals surface area contributed by atoms with Gasteiger partial charge in [0, 0.05) is 87.0 Å². The van der Waals surface area contributed by atoms with Gasteiger partial charge in [-0.1, -0.05) is 46.8 Å². The Hall–Kier alpha value is -5.84. The van der Waals surface area contributed by atoms with E-state index in [1.54, 1.807) is 24.1 Å². The van der Waals surface area contributed by atoms with Gasteiger partial charge in [0.1, 0.15) is 23.9 Å². The van der Waals surface area contributed by atoms with Crippen molar-refractivity contribution in [1.29, 1.82) is 0 Å². The average Bonchev–Trinajstić information content (AvgIpc) is 4.06. The van der Waals surface area contributed by atoms with E-state index in [-0.39, 0.29) is 56.1 Å². The third-order valence-corrected chi connectivity index (χ3v) is 14.6. The van der Waals surface area contributed by atoms with Crippen molar-refractivity contribution in [1.82, 2.24) is 40.0 Å². The molecule has 3 fully saturated rings. The number of likely N-dealkylation sites (tertiary alicyclic amines) is 2. The Balaban J connectivity index is 1.12. The Kier molecular flexibility index (Phi) is 14.8. The van der Waals surface area contributed by atoms with Gasteiger partial charge in [-0.3, -0.25) is 38.9 Å². The van der Waals surface area contributed by atoms with Crippen LogP contribution < -0.4 is 10.7 Å². The fraction of sp³-hybridized carbons (Fsp3) is 0.547. The summed E-state index contributed by atoms with van der Waals surface area (Å²) >= 11 is 0. The number of phenols is 1. The highest BCUT2D eigenvalue weighted by atomic mass is 16.5. The number of cyclic esters (lactones) is 1. The van der Waals surface area contributed by atoms with Gasteiger partial charge in [0.05, 0.1) is 30.9 Å². The molecule has 2 aromatic carbocycles. The summed E-state index contributed by atoms with van der Waals surface area (Å²) in [5.74, 6) is -2.69. The molecule has 8 rings (SSSR count). The molecule has 4 aliphatic rings. The van der Waals surface area contributed by atoms with Crippen molar-refractivity contribution in [3.8, 4) is 28.1 Å². The Morgan fingerprint density at radius 1 is 1.00 bits per heavy atom. The molecule has 5 atom stereocenters. The van der Waals surface area contributed by atoms with E-state index >= 15 is 0 Å². The number of nitrogens with one attached hydrogen (secondary N) is 2. The average molecular weight is 947 g/mol. The molecule has 0 saturated carbocycles. The SMILES string of the molecule is CCc1ccncc1-c1c2c3cc(ccc3n1CC)-c1cc(O)cc(c1)C[C@H](NC(=O)[C@H](C(C)C)N(C)C(=O)[C@H]1CCN(C(=O)CN3CC[C@H](O)C3)C1)C(=O)N1CCC[C@H](N1)C(=O)OCC(C)(C)C2. The number of esters is 1. The van der Waals surface area contributed by atoms with Crippen LogP contribution in [0.25, 0.3) is 33.3 Å². The molecule has 0 radical (unpaired) electrons.